The van der Waals surface area contributed by atoms with Crippen LogP contribution in [0.25, 0.3) is 0 Å². The molecular weight excluding hydrogens is 240 g/mol. The first-order valence-electron chi connectivity index (χ1n) is 6.53. The lowest BCUT2D eigenvalue weighted by atomic mass is 10.2. The summed E-state index contributed by atoms with van der Waals surface area (Å²) in [6, 6.07) is 8.40. The number of anilines is 1. The van der Waals surface area contributed by atoms with E-state index in [1.165, 1.54) is 5.69 Å². The van der Waals surface area contributed by atoms with Crippen LogP contribution >= 0.6 is 0 Å². The second kappa shape index (κ2) is 6.59. The maximum absolute atomic E-state index is 5.45. The van der Waals surface area contributed by atoms with Gasteiger partial charge in [0.2, 0.25) is 0 Å². The molecule has 0 aliphatic rings. The summed E-state index contributed by atoms with van der Waals surface area (Å²) in [5.41, 5.74) is 2.33. The average molecular weight is 264 g/mol. The fraction of sp³-hybridized carbons (Fsp3) is 0.500. The van der Waals surface area contributed by atoms with Crippen LogP contribution in [-0.4, -0.2) is 27.6 Å². The van der Waals surface area contributed by atoms with E-state index >= 15 is 0 Å². The minimum Gasteiger partial charge on any atom is -0.456 e. The number of benzene rings is 1. The Morgan fingerprint density at radius 3 is 2.11 bits per heavy atom. The molecule has 0 radical (unpaired) electrons. The molecule has 1 aromatic carbocycles. The van der Waals surface area contributed by atoms with E-state index in [1.54, 1.807) is 6.21 Å². The molecule has 0 saturated heterocycles. The van der Waals surface area contributed by atoms with Crippen LogP contribution in [0, 0.1) is 0 Å². The van der Waals surface area contributed by atoms with Crippen LogP contribution in [0.3, 0.4) is 0 Å². The zero-order chi connectivity index (χ0) is 13.6. The Hall–Kier alpha value is -1.29. The number of nitrogens with zero attached hydrogens (tertiary/aromatic N) is 2. The Balaban J connectivity index is 2.66. The number of oxime groups is 1. The summed E-state index contributed by atoms with van der Waals surface area (Å²) in [5, 5.41) is 4.05. The molecule has 0 saturated carbocycles. The van der Waals surface area contributed by atoms with E-state index in [-0.39, 0.29) is 0 Å². The van der Waals surface area contributed by atoms with Crippen molar-refractivity contribution in [2.75, 3.05) is 18.0 Å². The van der Waals surface area contributed by atoms with Crippen molar-refractivity contribution in [3.63, 3.8) is 0 Å². The van der Waals surface area contributed by atoms with Gasteiger partial charge in [0.25, 0.3) is 8.32 Å². The van der Waals surface area contributed by atoms with Crippen molar-refractivity contribution >= 4 is 20.2 Å². The SMILES string of the molecule is CCN(CC)c1ccc(C=NO[Si](C)(C)C)cc1. The van der Waals surface area contributed by atoms with Gasteiger partial charge in [-0.1, -0.05) is 12.1 Å². The zero-order valence-electron chi connectivity index (χ0n) is 12.1. The van der Waals surface area contributed by atoms with Crippen molar-refractivity contribution < 1.29 is 4.53 Å². The van der Waals surface area contributed by atoms with Crippen molar-refractivity contribution in [2.24, 2.45) is 5.16 Å². The highest BCUT2D eigenvalue weighted by molar-refractivity contribution is 6.69. The smallest absolute Gasteiger partial charge is 0.278 e. The van der Waals surface area contributed by atoms with E-state index in [2.05, 4.69) is 67.8 Å². The van der Waals surface area contributed by atoms with Crippen LogP contribution < -0.4 is 4.90 Å². The summed E-state index contributed by atoms with van der Waals surface area (Å²) in [6.07, 6.45) is 1.78. The summed E-state index contributed by atoms with van der Waals surface area (Å²) in [5.74, 6) is 0. The third kappa shape index (κ3) is 4.92. The second-order valence-electron chi connectivity index (χ2n) is 5.20. The molecule has 0 aromatic heterocycles. The van der Waals surface area contributed by atoms with Crippen LogP contribution in [-0.2, 0) is 4.53 Å². The fourth-order valence-corrected chi connectivity index (χ4v) is 1.97. The van der Waals surface area contributed by atoms with E-state index in [4.69, 9.17) is 4.53 Å². The molecule has 0 amide bonds. The standard InChI is InChI=1S/C14H24N2OSi/c1-6-16(7-2)14-10-8-13(9-11-14)12-15-17-18(3,4)5/h8-12H,6-7H2,1-5H3. The lowest BCUT2D eigenvalue weighted by molar-refractivity contribution is 0.338. The van der Waals surface area contributed by atoms with Gasteiger partial charge in [-0.05, 0) is 51.2 Å². The summed E-state index contributed by atoms with van der Waals surface area (Å²) in [4.78, 5) is 2.32. The van der Waals surface area contributed by atoms with Gasteiger partial charge in [-0.25, -0.2) is 0 Å². The van der Waals surface area contributed by atoms with Crippen LogP contribution in [0.4, 0.5) is 5.69 Å². The van der Waals surface area contributed by atoms with Crippen LogP contribution in [0.5, 0.6) is 0 Å². The molecule has 0 heterocycles. The van der Waals surface area contributed by atoms with Crippen molar-refractivity contribution in [1.29, 1.82) is 0 Å². The molecule has 3 nitrogen and oxygen atoms in total. The zero-order valence-corrected chi connectivity index (χ0v) is 13.1. The van der Waals surface area contributed by atoms with E-state index in [0.29, 0.717) is 0 Å². The van der Waals surface area contributed by atoms with Crippen LogP contribution in [0.1, 0.15) is 19.4 Å². The topological polar surface area (TPSA) is 24.8 Å². The molecular formula is C14H24N2OSi. The first kappa shape index (κ1) is 14.8. The number of hydrogen-bond acceptors (Lipinski definition) is 3. The maximum atomic E-state index is 5.45. The Bertz CT molecular complexity index is 378. The Labute approximate surface area is 112 Å². The van der Waals surface area contributed by atoms with Crippen molar-refractivity contribution in [2.45, 2.75) is 33.5 Å². The van der Waals surface area contributed by atoms with Gasteiger partial charge in [-0.15, -0.1) is 5.16 Å². The summed E-state index contributed by atoms with van der Waals surface area (Å²) in [7, 11) is -1.56. The predicted octanol–water partition coefficient (Wildman–Crippen LogP) is 3.72. The maximum Gasteiger partial charge on any atom is 0.278 e. The van der Waals surface area contributed by atoms with Gasteiger partial charge in [-0.2, -0.15) is 0 Å². The molecule has 1 aromatic rings. The van der Waals surface area contributed by atoms with Crippen molar-refractivity contribution in [3.8, 4) is 0 Å². The number of hydrogen-bond donors (Lipinski definition) is 0. The molecule has 4 heteroatoms. The number of rotatable bonds is 6. The van der Waals surface area contributed by atoms with Crippen LogP contribution in [0.2, 0.25) is 19.6 Å². The first-order valence-corrected chi connectivity index (χ1v) is 9.93. The lowest BCUT2D eigenvalue weighted by Gasteiger charge is -2.20. The minimum absolute atomic E-state index is 1.03. The Morgan fingerprint density at radius 1 is 1.11 bits per heavy atom. The second-order valence-corrected chi connectivity index (χ2v) is 9.61. The molecule has 0 aliphatic carbocycles. The molecule has 0 aliphatic heterocycles. The lowest BCUT2D eigenvalue weighted by Crippen LogP contribution is -2.22. The molecule has 0 fully saturated rings. The van der Waals surface area contributed by atoms with E-state index < -0.39 is 8.32 Å². The van der Waals surface area contributed by atoms with E-state index in [0.717, 1.165) is 18.7 Å². The van der Waals surface area contributed by atoms with Gasteiger partial charge in [0.1, 0.15) is 0 Å². The van der Waals surface area contributed by atoms with Crippen LogP contribution in [0.15, 0.2) is 29.4 Å². The largest absolute Gasteiger partial charge is 0.456 e. The molecule has 0 spiro atoms. The average Bonchev–Trinajstić information content (AvgIpc) is 2.31. The highest BCUT2D eigenvalue weighted by atomic mass is 28.4. The summed E-state index contributed by atoms with van der Waals surface area (Å²) in [6.45, 7) is 12.8. The predicted molar refractivity (Wildman–Crippen MR) is 82.0 cm³/mol. The van der Waals surface area contributed by atoms with Gasteiger partial charge in [-0.3, -0.25) is 0 Å². The summed E-state index contributed by atoms with van der Waals surface area (Å²) < 4.78 is 5.45. The molecule has 0 atom stereocenters. The highest BCUT2D eigenvalue weighted by Crippen LogP contribution is 2.14. The molecule has 0 unspecified atom stereocenters. The molecule has 1 rings (SSSR count). The quantitative estimate of drug-likeness (QED) is 0.444. The van der Waals surface area contributed by atoms with Gasteiger partial charge in [0, 0.05) is 18.8 Å². The van der Waals surface area contributed by atoms with Gasteiger partial charge >= 0.3 is 0 Å². The fourth-order valence-electron chi connectivity index (χ4n) is 1.61. The summed E-state index contributed by atoms with van der Waals surface area (Å²) >= 11 is 0. The molecule has 0 N–H and O–H groups in total. The van der Waals surface area contributed by atoms with E-state index in [1.807, 2.05) is 0 Å². The normalized spacial score (nSPS) is 11.8. The molecule has 100 valence electrons. The highest BCUT2D eigenvalue weighted by Gasteiger charge is 2.15. The van der Waals surface area contributed by atoms with Crippen molar-refractivity contribution in [3.05, 3.63) is 29.8 Å². The van der Waals surface area contributed by atoms with Gasteiger partial charge < -0.3 is 9.43 Å². The van der Waals surface area contributed by atoms with Gasteiger partial charge in [0.05, 0.1) is 6.21 Å². The van der Waals surface area contributed by atoms with Crippen molar-refractivity contribution in [1.82, 2.24) is 0 Å². The third-order valence-electron chi connectivity index (χ3n) is 2.55. The third-order valence-corrected chi connectivity index (χ3v) is 3.20. The van der Waals surface area contributed by atoms with Gasteiger partial charge in [0.15, 0.2) is 0 Å². The molecule has 0 bridgehead atoms. The molecule has 18 heavy (non-hydrogen) atoms. The monoisotopic (exact) mass is 264 g/mol. The Kier molecular flexibility index (Phi) is 5.41. The minimum atomic E-state index is -1.56. The first-order chi connectivity index (χ1) is 8.46. The van der Waals surface area contributed by atoms with E-state index in [9.17, 15) is 0 Å². The Morgan fingerprint density at radius 2 is 1.67 bits per heavy atom.